The van der Waals surface area contributed by atoms with E-state index in [9.17, 15) is 0 Å². The Hall–Kier alpha value is -6.87. The lowest BCUT2D eigenvalue weighted by atomic mass is 9.67. The van der Waals surface area contributed by atoms with Crippen LogP contribution in [0.1, 0.15) is 22.3 Å². The van der Waals surface area contributed by atoms with Crippen LogP contribution in [0.5, 0.6) is 0 Å². The van der Waals surface area contributed by atoms with Gasteiger partial charge in [0.25, 0.3) is 0 Å². The zero-order valence-corrected chi connectivity index (χ0v) is 31.9. The molecule has 2 aliphatic rings. The van der Waals surface area contributed by atoms with E-state index < -0.39 is 5.41 Å². The Bertz CT molecular complexity index is 3180. The van der Waals surface area contributed by atoms with Crippen LogP contribution in [0.3, 0.4) is 0 Å². The molecular weight excluding hydrogens is 707 g/mol. The molecule has 2 heteroatoms. The largest absolute Gasteiger partial charge is 0.398 e. The Morgan fingerprint density at radius 2 is 0.877 bits per heavy atom. The molecule has 0 fully saturated rings. The number of fused-ring (bicyclic) bond motifs is 12. The van der Waals surface area contributed by atoms with Crippen LogP contribution in [0, 0.1) is 0 Å². The maximum atomic E-state index is 7.07. The summed E-state index contributed by atoms with van der Waals surface area (Å²) >= 11 is 1.87. The van der Waals surface area contributed by atoms with Gasteiger partial charge in [-0.05, 0) is 130 Å². The summed E-state index contributed by atoms with van der Waals surface area (Å²) in [6.07, 6.45) is 0. The van der Waals surface area contributed by atoms with Crippen molar-refractivity contribution < 1.29 is 0 Å². The summed E-state index contributed by atoms with van der Waals surface area (Å²) in [4.78, 5) is 2.58. The van der Waals surface area contributed by atoms with Gasteiger partial charge in [-0.25, -0.2) is 0 Å². The molecular formula is C55H35NS. The fourth-order valence-corrected chi connectivity index (χ4v) is 11.4. The smallest absolute Gasteiger partial charge is 0.0736 e. The zero-order valence-electron chi connectivity index (χ0n) is 31.0. The van der Waals surface area contributed by atoms with Gasteiger partial charge in [0.15, 0.2) is 0 Å². The molecule has 266 valence electrons. The second-order valence-electron chi connectivity index (χ2n) is 15.3. The quantitative estimate of drug-likeness (QED) is 0.144. The molecule has 1 spiro atoms. The first-order chi connectivity index (χ1) is 28.2. The molecule has 12 rings (SSSR count). The third kappa shape index (κ3) is 4.53. The van der Waals surface area contributed by atoms with Crippen LogP contribution in [0.4, 0.5) is 5.69 Å². The van der Waals surface area contributed by atoms with Gasteiger partial charge >= 0.3 is 0 Å². The summed E-state index contributed by atoms with van der Waals surface area (Å²) in [5.41, 5.74) is 22.3. The first kappa shape index (κ1) is 32.4. The van der Waals surface area contributed by atoms with Crippen LogP contribution >= 0.6 is 11.8 Å². The van der Waals surface area contributed by atoms with Crippen LogP contribution in [-0.2, 0) is 5.41 Å². The topological polar surface area (TPSA) is 26.0 Å². The van der Waals surface area contributed by atoms with Crippen LogP contribution < -0.4 is 5.73 Å². The normalized spacial score (nSPS) is 13.4. The molecule has 1 heterocycles. The van der Waals surface area contributed by atoms with Gasteiger partial charge in [0.05, 0.1) is 5.41 Å². The predicted octanol–water partition coefficient (Wildman–Crippen LogP) is 14.6. The van der Waals surface area contributed by atoms with Gasteiger partial charge < -0.3 is 5.73 Å². The maximum absolute atomic E-state index is 7.07. The SMILES string of the molecule is Nc1cccc2c1-c1cc(-c3c4ccccc4c(-c4cc(-c5ccccc5)cc5ccccc45)c4ccccc34)ccc1C21c2ccccc2Sc2ccccc21. The molecule has 0 saturated heterocycles. The van der Waals surface area contributed by atoms with Crippen LogP contribution in [0.25, 0.3) is 76.8 Å². The molecule has 0 aromatic heterocycles. The molecule has 57 heavy (non-hydrogen) atoms. The first-order valence-electron chi connectivity index (χ1n) is 19.6. The van der Waals surface area contributed by atoms with Gasteiger partial charge in [-0.1, -0.05) is 176 Å². The van der Waals surface area contributed by atoms with Crippen molar-refractivity contribution in [3.05, 3.63) is 222 Å². The average Bonchev–Trinajstić information content (AvgIpc) is 3.56. The van der Waals surface area contributed by atoms with E-state index in [2.05, 4.69) is 200 Å². The van der Waals surface area contributed by atoms with Crippen molar-refractivity contribution in [3.8, 4) is 44.5 Å². The first-order valence-corrected chi connectivity index (χ1v) is 20.4. The number of nitrogens with two attached hydrogens (primary N) is 1. The van der Waals surface area contributed by atoms with E-state index in [1.165, 1.54) is 103 Å². The van der Waals surface area contributed by atoms with E-state index in [0.29, 0.717) is 0 Å². The molecule has 0 atom stereocenters. The third-order valence-electron chi connectivity index (χ3n) is 12.5. The Labute approximate surface area is 336 Å². The Morgan fingerprint density at radius 3 is 1.56 bits per heavy atom. The van der Waals surface area contributed by atoms with E-state index in [4.69, 9.17) is 5.73 Å². The predicted molar refractivity (Wildman–Crippen MR) is 241 cm³/mol. The molecule has 0 unspecified atom stereocenters. The third-order valence-corrected chi connectivity index (χ3v) is 13.6. The summed E-state index contributed by atoms with van der Waals surface area (Å²) in [6.45, 7) is 0. The number of nitrogen functional groups attached to an aromatic ring is 1. The van der Waals surface area contributed by atoms with Gasteiger partial charge in [0, 0.05) is 21.0 Å². The number of rotatable bonds is 3. The van der Waals surface area contributed by atoms with Crippen molar-refractivity contribution in [1.29, 1.82) is 0 Å². The van der Waals surface area contributed by atoms with Crippen molar-refractivity contribution in [3.63, 3.8) is 0 Å². The molecule has 1 nitrogen and oxygen atoms in total. The minimum absolute atomic E-state index is 0.476. The minimum Gasteiger partial charge on any atom is -0.398 e. The van der Waals surface area contributed by atoms with Gasteiger partial charge in [0.1, 0.15) is 0 Å². The van der Waals surface area contributed by atoms with Crippen molar-refractivity contribution in [1.82, 2.24) is 0 Å². The summed E-state index contributed by atoms with van der Waals surface area (Å²) in [5.74, 6) is 0. The van der Waals surface area contributed by atoms with E-state index in [0.717, 1.165) is 11.3 Å². The van der Waals surface area contributed by atoms with Gasteiger partial charge in [-0.2, -0.15) is 0 Å². The maximum Gasteiger partial charge on any atom is 0.0736 e. The van der Waals surface area contributed by atoms with Crippen molar-refractivity contribution in [2.75, 3.05) is 5.73 Å². The molecule has 0 saturated carbocycles. The molecule has 1 aliphatic heterocycles. The van der Waals surface area contributed by atoms with Gasteiger partial charge in [-0.15, -0.1) is 0 Å². The fraction of sp³-hybridized carbons (Fsp3) is 0.0182. The molecule has 2 N–H and O–H groups in total. The lowest BCUT2D eigenvalue weighted by molar-refractivity contribution is 0.722. The summed E-state index contributed by atoms with van der Waals surface area (Å²) in [5, 5.41) is 7.44. The number of hydrogen-bond donors (Lipinski definition) is 1. The van der Waals surface area contributed by atoms with Crippen molar-refractivity contribution >= 4 is 49.8 Å². The number of anilines is 1. The van der Waals surface area contributed by atoms with Crippen LogP contribution in [0.2, 0.25) is 0 Å². The van der Waals surface area contributed by atoms with E-state index in [-0.39, 0.29) is 0 Å². The van der Waals surface area contributed by atoms with E-state index in [1.807, 2.05) is 11.8 Å². The summed E-state index contributed by atoms with van der Waals surface area (Å²) in [7, 11) is 0. The fourth-order valence-electron chi connectivity index (χ4n) is 10.2. The number of hydrogen-bond acceptors (Lipinski definition) is 2. The van der Waals surface area contributed by atoms with Crippen molar-refractivity contribution in [2.45, 2.75) is 15.2 Å². The average molecular weight is 742 g/mol. The lowest BCUT2D eigenvalue weighted by Gasteiger charge is -2.39. The summed E-state index contributed by atoms with van der Waals surface area (Å²) in [6, 6.07) is 73.9. The Morgan fingerprint density at radius 1 is 0.333 bits per heavy atom. The van der Waals surface area contributed by atoms with E-state index >= 15 is 0 Å². The van der Waals surface area contributed by atoms with Crippen molar-refractivity contribution in [2.24, 2.45) is 0 Å². The molecule has 1 aliphatic carbocycles. The second-order valence-corrected chi connectivity index (χ2v) is 16.4. The van der Waals surface area contributed by atoms with Crippen LogP contribution in [-0.4, -0.2) is 0 Å². The zero-order chi connectivity index (χ0) is 37.7. The Kier molecular flexibility index (Phi) is 7.00. The van der Waals surface area contributed by atoms with Gasteiger partial charge in [-0.3, -0.25) is 0 Å². The highest BCUT2D eigenvalue weighted by Gasteiger charge is 2.50. The highest BCUT2D eigenvalue weighted by Crippen LogP contribution is 2.63. The molecule has 0 radical (unpaired) electrons. The highest BCUT2D eigenvalue weighted by molar-refractivity contribution is 7.99. The van der Waals surface area contributed by atoms with Crippen LogP contribution in [0.15, 0.2) is 210 Å². The molecule has 10 aromatic carbocycles. The lowest BCUT2D eigenvalue weighted by Crippen LogP contribution is -2.31. The monoisotopic (exact) mass is 741 g/mol. The van der Waals surface area contributed by atoms with Gasteiger partial charge in [0.2, 0.25) is 0 Å². The highest BCUT2D eigenvalue weighted by atomic mass is 32.2. The standard InChI is InChI=1S/C55H35NS/c56-49-26-14-25-48-54(49)44-32-36(29-30-45(44)55(48)46-23-10-12-27-50(46)57-51-28-13-11-24-47(51)55)52-39-19-6-8-21-41(39)53(42-22-9-7-20-40(42)52)43-33-37(34-15-2-1-3-16-34)31-35-17-4-5-18-38(35)43/h1-33H,56H2. The molecule has 10 aromatic rings. The Balaban J connectivity index is 1.16. The molecule has 0 bridgehead atoms. The second kappa shape index (κ2) is 12.3. The number of benzene rings is 10. The molecule has 0 amide bonds. The minimum atomic E-state index is -0.476. The van der Waals surface area contributed by atoms with E-state index in [1.54, 1.807) is 0 Å². The summed E-state index contributed by atoms with van der Waals surface area (Å²) < 4.78 is 0.